The maximum Gasteiger partial charge on any atom is 0.416 e. The Labute approximate surface area is 176 Å². The maximum absolute atomic E-state index is 14.1. The smallest absolute Gasteiger partial charge is 0.288 e. The molecule has 0 spiro atoms. The molecular weight excluding hydrogens is 512 g/mol. The Hall–Kier alpha value is -2.11. The van der Waals surface area contributed by atoms with Gasteiger partial charge in [-0.1, -0.05) is 6.07 Å². The van der Waals surface area contributed by atoms with E-state index in [4.69, 9.17) is 0 Å². The number of benzene rings is 2. The molecule has 12 heteroatoms. The fourth-order valence-electron chi connectivity index (χ4n) is 3.28. The SMILES string of the molecule is Fc1ccc(C2=NCC(c3cc(C(F)(F)F)cc(C(F)(F)F)c3)(C(F)(F)F)C2)cc1Br. The first-order valence-corrected chi connectivity index (χ1v) is 9.19. The van der Waals surface area contributed by atoms with Crippen LogP contribution in [-0.4, -0.2) is 18.4 Å². The van der Waals surface area contributed by atoms with Crippen molar-refractivity contribution in [2.45, 2.75) is 30.4 Å². The molecule has 2 aromatic rings. The Morgan fingerprint density at radius 2 is 1.35 bits per heavy atom. The highest BCUT2D eigenvalue weighted by Crippen LogP contribution is 2.50. The molecule has 0 saturated heterocycles. The first-order chi connectivity index (χ1) is 14.0. The zero-order chi connectivity index (χ0) is 23.4. The summed E-state index contributed by atoms with van der Waals surface area (Å²) >= 11 is 2.87. The molecule has 1 heterocycles. The molecule has 31 heavy (non-hydrogen) atoms. The fraction of sp³-hybridized carbons (Fsp3) is 0.316. The number of halogens is 11. The lowest BCUT2D eigenvalue weighted by atomic mass is 9.75. The molecule has 1 aliphatic heterocycles. The molecule has 1 unspecified atom stereocenters. The number of aliphatic imine (C=N–C) groups is 1. The van der Waals surface area contributed by atoms with Crippen LogP contribution in [0.4, 0.5) is 43.9 Å². The predicted octanol–water partition coefficient (Wildman–Crippen LogP) is 7.32. The van der Waals surface area contributed by atoms with Gasteiger partial charge in [-0.25, -0.2) is 4.39 Å². The van der Waals surface area contributed by atoms with E-state index in [9.17, 15) is 43.9 Å². The van der Waals surface area contributed by atoms with Crippen molar-refractivity contribution in [1.29, 1.82) is 0 Å². The minimum Gasteiger partial charge on any atom is -0.288 e. The van der Waals surface area contributed by atoms with Gasteiger partial charge >= 0.3 is 18.5 Å². The van der Waals surface area contributed by atoms with E-state index in [1.807, 2.05) is 0 Å². The monoisotopic (exact) mass is 521 g/mol. The molecule has 0 bridgehead atoms. The van der Waals surface area contributed by atoms with Gasteiger partial charge in [-0.2, -0.15) is 39.5 Å². The highest BCUT2D eigenvalue weighted by molar-refractivity contribution is 9.10. The molecule has 2 aromatic carbocycles. The zero-order valence-corrected chi connectivity index (χ0v) is 16.6. The lowest BCUT2D eigenvalue weighted by Crippen LogP contribution is -2.44. The molecule has 0 fully saturated rings. The van der Waals surface area contributed by atoms with Crippen LogP contribution in [0.1, 0.15) is 28.7 Å². The van der Waals surface area contributed by atoms with Crippen molar-refractivity contribution in [2.24, 2.45) is 4.99 Å². The Morgan fingerprint density at radius 1 is 0.806 bits per heavy atom. The standard InChI is InChI=1S/C19H10BrF10N/c20-13-3-9(1-2-14(13)21)15-7-16(8-31-15,19(28,29)30)10-4-11(17(22,23)24)6-12(5-10)18(25,26)27/h1-6H,7-8H2. The van der Waals surface area contributed by atoms with Crippen molar-refractivity contribution >= 4 is 21.6 Å². The van der Waals surface area contributed by atoms with Crippen LogP contribution in [0.3, 0.4) is 0 Å². The van der Waals surface area contributed by atoms with Gasteiger partial charge in [-0.05, 0) is 57.4 Å². The van der Waals surface area contributed by atoms with Crippen LogP contribution >= 0.6 is 15.9 Å². The van der Waals surface area contributed by atoms with E-state index in [0.29, 0.717) is 0 Å². The van der Waals surface area contributed by atoms with Gasteiger partial charge in [0.05, 0.1) is 22.1 Å². The van der Waals surface area contributed by atoms with Crippen LogP contribution in [0.15, 0.2) is 45.9 Å². The lowest BCUT2D eigenvalue weighted by molar-refractivity contribution is -0.184. The summed E-state index contributed by atoms with van der Waals surface area (Å²) < 4.78 is 134. The molecule has 1 aliphatic rings. The van der Waals surface area contributed by atoms with Crippen molar-refractivity contribution in [1.82, 2.24) is 0 Å². The average molecular weight is 522 g/mol. The molecule has 168 valence electrons. The Morgan fingerprint density at radius 3 is 1.81 bits per heavy atom. The van der Waals surface area contributed by atoms with Crippen molar-refractivity contribution in [3.8, 4) is 0 Å². The van der Waals surface area contributed by atoms with Crippen LogP contribution in [0.25, 0.3) is 0 Å². The zero-order valence-electron chi connectivity index (χ0n) is 15.0. The Bertz CT molecular complexity index is 1000. The van der Waals surface area contributed by atoms with Crippen molar-refractivity contribution in [3.05, 3.63) is 68.9 Å². The average Bonchev–Trinajstić information content (AvgIpc) is 3.09. The number of hydrogen-bond donors (Lipinski definition) is 0. The van der Waals surface area contributed by atoms with Crippen LogP contribution in [0, 0.1) is 5.82 Å². The topological polar surface area (TPSA) is 12.4 Å². The highest BCUT2D eigenvalue weighted by Gasteiger charge is 2.59. The van der Waals surface area contributed by atoms with E-state index >= 15 is 0 Å². The van der Waals surface area contributed by atoms with Gasteiger partial charge in [0.25, 0.3) is 0 Å². The molecule has 1 atom stereocenters. The Kier molecular flexibility index (Phi) is 5.69. The van der Waals surface area contributed by atoms with E-state index in [2.05, 4.69) is 20.9 Å². The van der Waals surface area contributed by atoms with Gasteiger partial charge < -0.3 is 0 Å². The van der Waals surface area contributed by atoms with Gasteiger partial charge in [0, 0.05) is 12.1 Å². The third-order valence-electron chi connectivity index (χ3n) is 4.94. The third kappa shape index (κ3) is 4.44. The summed E-state index contributed by atoms with van der Waals surface area (Å²) in [5.74, 6) is -0.711. The molecule has 0 aliphatic carbocycles. The van der Waals surface area contributed by atoms with Gasteiger partial charge in [-0.15, -0.1) is 0 Å². The summed E-state index contributed by atoms with van der Waals surface area (Å²) in [6.45, 7) is -1.11. The van der Waals surface area contributed by atoms with Gasteiger partial charge in [0.1, 0.15) is 11.2 Å². The van der Waals surface area contributed by atoms with Crippen LogP contribution < -0.4 is 0 Å². The molecule has 0 amide bonds. The fourth-order valence-corrected chi connectivity index (χ4v) is 3.65. The van der Waals surface area contributed by atoms with E-state index in [-0.39, 0.29) is 33.9 Å². The second-order valence-electron chi connectivity index (χ2n) is 6.94. The molecular formula is C19H10BrF10N. The molecule has 0 N–H and O–H groups in total. The molecule has 0 saturated carbocycles. The van der Waals surface area contributed by atoms with Crippen molar-refractivity contribution in [3.63, 3.8) is 0 Å². The van der Waals surface area contributed by atoms with E-state index < -0.39 is 59.4 Å². The largest absolute Gasteiger partial charge is 0.416 e. The van der Waals surface area contributed by atoms with Gasteiger partial charge in [0.2, 0.25) is 0 Å². The van der Waals surface area contributed by atoms with Crippen LogP contribution in [-0.2, 0) is 17.8 Å². The minimum atomic E-state index is -5.30. The number of alkyl halides is 9. The third-order valence-corrected chi connectivity index (χ3v) is 5.55. The number of nitrogens with zero attached hydrogens (tertiary/aromatic N) is 1. The van der Waals surface area contributed by atoms with Crippen LogP contribution in [0.5, 0.6) is 0 Å². The molecule has 3 rings (SSSR count). The highest BCUT2D eigenvalue weighted by atomic mass is 79.9. The summed E-state index contributed by atoms with van der Waals surface area (Å²) in [5, 5.41) is 0. The lowest BCUT2D eigenvalue weighted by Gasteiger charge is -2.32. The summed E-state index contributed by atoms with van der Waals surface area (Å²) in [6, 6.07) is 3.11. The van der Waals surface area contributed by atoms with Gasteiger partial charge in [0.15, 0.2) is 0 Å². The molecule has 0 radical (unpaired) electrons. The summed E-state index contributed by atoms with van der Waals surface area (Å²) in [7, 11) is 0. The predicted molar refractivity (Wildman–Crippen MR) is 94.3 cm³/mol. The number of hydrogen-bond acceptors (Lipinski definition) is 1. The normalized spacial score (nSPS) is 20.2. The molecule has 1 nitrogen and oxygen atoms in total. The summed E-state index contributed by atoms with van der Waals surface area (Å²) in [4.78, 5) is 3.75. The second-order valence-corrected chi connectivity index (χ2v) is 7.80. The van der Waals surface area contributed by atoms with Crippen molar-refractivity contribution in [2.75, 3.05) is 6.54 Å². The maximum atomic E-state index is 14.1. The minimum absolute atomic E-state index is 0.0578. The van der Waals surface area contributed by atoms with Crippen LogP contribution in [0.2, 0.25) is 0 Å². The first-order valence-electron chi connectivity index (χ1n) is 8.40. The van der Waals surface area contributed by atoms with E-state index in [1.165, 1.54) is 0 Å². The summed E-state index contributed by atoms with van der Waals surface area (Å²) in [6.07, 6.45) is -16.8. The van der Waals surface area contributed by atoms with E-state index in [1.54, 1.807) is 0 Å². The second kappa shape index (κ2) is 7.49. The van der Waals surface area contributed by atoms with Gasteiger partial charge in [-0.3, -0.25) is 4.99 Å². The first kappa shape index (κ1) is 23.6. The van der Waals surface area contributed by atoms with Crippen molar-refractivity contribution < 1.29 is 43.9 Å². The quantitative estimate of drug-likeness (QED) is 0.367. The summed E-state index contributed by atoms with van der Waals surface area (Å²) in [5.41, 5.74) is -8.16. The molecule has 0 aromatic heterocycles. The van der Waals surface area contributed by atoms with E-state index in [0.717, 1.165) is 18.2 Å². The Balaban J connectivity index is 2.16. The number of rotatable bonds is 2.